The number of aryl methyl sites for hydroxylation is 2. The second-order valence-corrected chi connectivity index (χ2v) is 10.9. The largest absolute Gasteiger partial charge is 0.492 e. The van der Waals surface area contributed by atoms with Crippen molar-refractivity contribution in [2.45, 2.75) is 47.1 Å². The molecule has 0 saturated heterocycles. The Bertz CT molecular complexity index is 1630. The maximum absolute atomic E-state index is 14.9. The van der Waals surface area contributed by atoms with Crippen LogP contribution in [0, 0.1) is 13.8 Å². The van der Waals surface area contributed by atoms with Crippen LogP contribution < -0.4 is 29.7 Å². The van der Waals surface area contributed by atoms with Crippen LogP contribution >= 0.6 is 0 Å². The van der Waals surface area contributed by atoms with E-state index in [0.717, 1.165) is 52.3 Å². The van der Waals surface area contributed by atoms with E-state index in [2.05, 4.69) is 68.7 Å². The molecule has 222 valence electrons. The molecule has 4 aromatic rings. The van der Waals surface area contributed by atoms with Gasteiger partial charge < -0.3 is 24.8 Å². The minimum absolute atomic E-state index is 0.121. The molecule has 2 heterocycles. The normalized spacial score (nSPS) is 14.1. The summed E-state index contributed by atoms with van der Waals surface area (Å²) < 4.78 is 19.2. The van der Waals surface area contributed by atoms with Gasteiger partial charge in [-0.2, -0.15) is 0 Å². The van der Waals surface area contributed by atoms with Crippen LogP contribution in [0.5, 0.6) is 23.0 Å². The zero-order chi connectivity index (χ0) is 30.3. The summed E-state index contributed by atoms with van der Waals surface area (Å²) >= 11 is 0. The third-order valence-corrected chi connectivity index (χ3v) is 8.26. The Balaban J connectivity index is 1.79. The maximum Gasteiger partial charge on any atom is 0.260 e. The van der Waals surface area contributed by atoms with Gasteiger partial charge in [0.25, 0.3) is 5.91 Å². The average Bonchev–Trinajstić information content (AvgIpc) is 3.25. The number of anilines is 3. The summed E-state index contributed by atoms with van der Waals surface area (Å²) in [7, 11) is 0. The summed E-state index contributed by atoms with van der Waals surface area (Å²) in [6.45, 7) is 14.7. The van der Waals surface area contributed by atoms with E-state index < -0.39 is 5.54 Å². The van der Waals surface area contributed by atoms with Gasteiger partial charge in [0.1, 0.15) is 34.2 Å². The Kier molecular flexibility index (Phi) is 7.42. The Labute approximate surface area is 253 Å². The van der Waals surface area contributed by atoms with Crippen molar-refractivity contribution in [1.82, 2.24) is 0 Å². The second kappa shape index (κ2) is 11.2. The molecule has 7 nitrogen and oxygen atoms in total. The summed E-state index contributed by atoms with van der Waals surface area (Å²) in [5, 5.41) is 6.96. The number of carbonyl (C=O) groups excluding carboxylic acids is 1. The van der Waals surface area contributed by atoms with Crippen molar-refractivity contribution in [1.29, 1.82) is 0 Å². The molecule has 43 heavy (non-hydrogen) atoms. The molecule has 0 saturated carbocycles. The Morgan fingerprint density at radius 2 is 1.26 bits per heavy atom. The molecule has 1 amide bonds. The molecule has 2 aliphatic rings. The quantitative estimate of drug-likeness (QED) is 0.210. The predicted molar refractivity (Wildman–Crippen MR) is 173 cm³/mol. The summed E-state index contributed by atoms with van der Waals surface area (Å²) in [5.74, 6) is 2.45. The first-order valence-electron chi connectivity index (χ1n) is 15.2. The molecule has 0 bridgehead atoms. The van der Waals surface area contributed by atoms with Gasteiger partial charge in [0.05, 0.1) is 13.2 Å². The van der Waals surface area contributed by atoms with Crippen molar-refractivity contribution < 1.29 is 19.0 Å². The second-order valence-electron chi connectivity index (χ2n) is 10.9. The lowest BCUT2D eigenvalue weighted by Gasteiger charge is -2.45. The smallest absolute Gasteiger partial charge is 0.260 e. The lowest BCUT2D eigenvalue weighted by molar-refractivity contribution is 0.0983. The molecular formula is C36H39N3O4. The van der Waals surface area contributed by atoms with Crippen molar-refractivity contribution in [2.24, 2.45) is 0 Å². The Morgan fingerprint density at radius 1 is 0.721 bits per heavy atom. The lowest BCUT2D eigenvalue weighted by atomic mass is 9.73. The number of ether oxygens (including phenoxy) is 3. The minimum atomic E-state index is -1.05. The molecule has 0 aliphatic carbocycles. The van der Waals surface area contributed by atoms with Gasteiger partial charge in [0, 0.05) is 58.9 Å². The van der Waals surface area contributed by atoms with E-state index in [1.165, 1.54) is 0 Å². The number of nitrogens with zero attached hydrogens (tertiary/aromatic N) is 1. The molecule has 0 radical (unpaired) electrons. The van der Waals surface area contributed by atoms with Gasteiger partial charge in [-0.1, -0.05) is 24.3 Å². The van der Waals surface area contributed by atoms with E-state index in [0.29, 0.717) is 47.5 Å². The van der Waals surface area contributed by atoms with Gasteiger partial charge in [-0.05, 0) is 83.0 Å². The highest BCUT2D eigenvalue weighted by Gasteiger charge is 2.58. The highest BCUT2D eigenvalue weighted by atomic mass is 16.5. The van der Waals surface area contributed by atoms with Crippen molar-refractivity contribution in [3.05, 3.63) is 100 Å². The van der Waals surface area contributed by atoms with Crippen LogP contribution in [0.15, 0.2) is 66.7 Å². The number of rotatable bonds is 9. The molecule has 2 N–H and O–H groups in total. The average molecular weight is 578 g/mol. The number of para-hydroxylation sites is 1. The molecule has 1 spiro atoms. The fourth-order valence-corrected chi connectivity index (χ4v) is 6.58. The topological polar surface area (TPSA) is 72.1 Å². The Hall–Kier alpha value is -4.65. The van der Waals surface area contributed by atoms with Gasteiger partial charge in [-0.25, -0.2) is 0 Å². The van der Waals surface area contributed by atoms with Gasteiger partial charge in [0.15, 0.2) is 0 Å². The number of fused-ring (bicyclic) bond motifs is 6. The van der Waals surface area contributed by atoms with Crippen molar-refractivity contribution in [3.63, 3.8) is 0 Å². The van der Waals surface area contributed by atoms with Crippen LogP contribution in [0.4, 0.5) is 17.1 Å². The molecule has 7 heteroatoms. The molecular weight excluding hydrogens is 538 g/mol. The van der Waals surface area contributed by atoms with Crippen molar-refractivity contribution in [2.75, 3.05) is 41.8 Å². The van der Waals surface area contributed by atoms with Crippen LogP contribution in [0.1, 0.15) is 65.9 Å². The van der Waals surface area contributed by atoms with Crippen LogP contribution in [0.3, 0.4) is 0 Å². The van der Waals surface area contributed by atoms with Gasteiger partial charge >= 0.3 is 0 Å². The highest BCUT2D eigenvalue weighted by molar-refractivity contribution is 6.15. The van der Waals surface area contributed by atoms with E-state index in [-0.39, 0.29) is 5.91 Å². The van der Waals surface area contributed by atoms with E-state index in [9.17, 15) is 4.79 Å². The summed E-state index contributed by atoms with van der Waals surface area (Å²) in [4.78, 5) is 16.8. The van der Waals surface area contributed by atoms with Crippen LogP contribution in [0.25, 0.3) is 0 Å². The summed E-state index contributed by atoms with van der Waals surface area (Å²) in [6.07, 6.45) is 0. The predicted octanol–water partition coefficient (Wildman–Crippen LogP) is 8.02. The first kappa shape index (κ1) is 28.5. The third kappa shape index (κ3) is 4.29. The number of hydrogen-bond donors (Lipinski definition) is 2. The zero-order valence-electron chi connectivity index (χ0n) is 25.8. The van der Waals surface area contributed by atoms with E-state index in [4.69, 9.17) is 14.2 Å². The molecule has 6 rings (SSSR count). The zero-order valence-corrected chi connectivity index (χ0v) is 25.8. The van der Waals surface area contributed by atoms with Gasteiger partial charge in [-0.3, -0.25) is 9.69 Å². The van der Waals surface area contributed by atoms with E-state index in [1.54, 1.807) is 0 Å². The highest BCUT2D eigenvalue weighted by Crippen LogP contribution is 2.61. The monoisotopic (exact) mass is 577 g/mol. The fraction of sp³-hybridized carbons (Fsp3) is 0.306. The van der Waals surface area contributed by atoms with Crippen LogP contribution in [-0.2, 0) is 5.54 Å². The van der Waals surface area contributed by atoms with Crippen molar-refractivity contribution >= 4 is 23.0 Å². The summed E-state index contributed by atoms with van der Waals surface area (Å²) in [6, 6.07) is 22.1. The molecule has 0 atom stereocenters. The number of nitrogens with one attached hydrogen (secondary N) is 2. The number of amides is 1. The lowest BCUT2D eigenvalue weighted by Crippen LogP contribution is -2.48. The molecule has 4 aromatic carbocycles. The molecule has 2 aliphatic heterocycles. The fourth-order valence-electron chi connectivity index (χ4n) is 6.58. The van der Waals surface area contributed by atoms with Gasteiger partial charge in [0.2, 0.25) is 0 Å². The number of benzene rings is 4. The van der Waals surface area contributed by atoms with Gasteiger partial charge in [-0.15, -0.1) is 0 Å². The number of carbonyl (C=O) groups is 1. The van der Waals surface area contributed by atoms with E-state index in [1.807, 2.05) is 55.1 Å². The Morgan fingerprint density at radius 3 is 1.77 bits per heavy atom. The van der Waals surface area contributed by atoms with Crippen LogP contribution in [0.2, 0.25) is 0 Å². The first-order chi connectivity index (χ1) is 20.9. The minimum Gasteiger partial charge on any atom is -0.492 e. The third-order valence-electron chi connectivity index (χ3n) is 8.26. The first-order valence-corrected chi connectivity index (χ1v) is 15.2. The molecule has 0 aromatic heterocycles. The molecule has 0 unspecified atom stereocenters. The summed E-state index contributed by atoms with van der Waals surface area (Å²) in [5.41, 5.74) is 6.97. The molecule has 0 fully saturated rings. The number of hydrogen-bond acceptors (Lipinski definition) is 6. The maximum atomic E-state index is 14.9. The SMILES string of the molecule is CCNc1cc2c(cc1C)C1(c3cc(C)c(NCC)cc3O2)c2ccccc2C(=O)N1c1c(OCC)cccc1OCC. The van der Waals surface area contributed by atoms with Crippen molar-refractivity contribution in [3.8, 4) is 23.0 Å². The standard InChI is InChI=1S/C36H39N3O4/c1-7-37-28-20-32-26(18-22(28)5)36(27-19-23(6)29(38-8-2)21-33(27)43-32)25-15-12-11-14-24(25)35(40)39(36)34-30(41-9-3)16-13-17-31(34)42-10-4/h11-21,37-38H,7-10H2,1-6H3. The van der Waals surface area contributed by atoms with E-state index >= 15 is 0 Å². The van der Waals surface area contributed by atoms with Crippen LogP contribution in [-0.4, -0.2) is 32.2 Å².